The highest BCUT2D eigenvalue weighted by atomic mass is 32.2. The molecule has 0 radical (unpaired) electrons. The highest BCUT2D eigenvalue weighted by Crippen LogP contribution is 2.23. The van der Waals surface area contributed by atoms with Crippen molar-refractivity contribution in [1.29, 1.82) is 0 Å². The van der Waals surface area contributed by atoms with Crippen molar-refractivity contribution in [2.75, 3.05) is 7.11 Å². The van der Waals surface area contributed by atoms with E-state index in [2.05, 4.69) is 5.32 Å². The number of rotatable bonds is 7. The number of sulfone groups is 1. The van der Waals surface area contributed by atoms with Crippen LogP contribution in [0.25, 0.3) is 10.8 Å². The first-order valence-corrected chi connectivity index (χ1v) is 11.3. The summed E-state index contributed by atoms with van der Waals surface area (Å²) >= 11 is 0. The number of benzene rings is 3. The van der Waals surface area contributed by atoms with Gasteiger partial charge in [-0.2, -0.15) is 0 Å². The number of ether oxygens (including phenoxy) is 1. The molecule has 0 saturated carbocycles. The Morgan fingerprint density at radius 2 is 1.71 bits per heavy atom. The third-order valence-corrected chi connectivity index (χ3v) is 6.65. The lowest BCUT2D eigenvalue weighted by atomic mass is 10.1. The van der Waals surface area contributed by atoms with Crippen molar-refractivity contribution in [3.63, 3.8) is 0 Å². The highest BCUT2D eigenvalue weighted by molar-refractivity contribution is 7.90. The van der Waals surface area contributed by atoms with Gasteiger partial charge < -0.3 is 14.5 Å². The first-order chi connectivity index (χ1) is 15.0. The van der Waals surface area contributed by atoms with Gasteiger partial charge >= 0.3 is 0 Å². The zero-order valence-electron chi connectivity index (χ0n) is 16.9. The average molecular weight is 436 g/mol. The average Bonchev–Trinajstić information content (AvgIpc) is 3.25. The maximum atomic E-state index is 12.7. The second kappa shape index (κ2) is 8.65. The van der Waals surface area contributed by atoms with Gasteiger partial charge in [-0.3, -0.25) is 4.79 Å². The fourth-order valence-electron chi connectivity index (χ4n) is 3.34. The van der Waals surface area contributed by atoms with Crippen LogP contribution in [0.1, 0.15) is 21.7 Å². The van der Waals surface area contributed by atoms with Crippen LogP contribution in [-0.4, -0.2) is 21.4 Å². The van der Waals surface area contributed by atoms with E-state index in [0.29, 0.717) is 5.56 Å². The van der Waals surface area contributed by atoms with Crippen molar-refractivity contribution < 1.29 is 22.4 Å². The van der Waals surface area contributed by atoms with Crippen molar-refractivity contribution in [2.45, 2.75) is 17.2 Å². The summed E-state index contributed by atoms with van der Waals surface area (Å²) in [4.78, 5) is 12.9. The zero-order valence-corrected chi connectivity index (χ0v) is 17.7. The predicted molar refractivity (Wildman–Crippen MR) is 118 cm³/mol. The van der Waals surface area contributed by atoms with Crippen molar-refractivity contribution >= 4 is 26.5 Å². The quantitative estimate of drug-likeness (QED) is 0.467. The second-order valence-electron chi connectivity index (χ2n) is 7.08. The van der Waals surface area contributed by atoms with Gasteiger partial charge in [0.25, 0.3) is 5.91 Å². The van der Waals surface area contributed by atoms with Gasteiger partial charge in [0.2, 0.25) is 0 Å². The number of carbonyl (C=O) groups is 1. The largest absolute Gasteiger partial charge is 0.497 e. The summed E-state index contributed by atoms with van der Waals surface area (Å²) in [5.41, 5.74) is 1.24. The van der Waals surface area contributed by atoms with Gasteiger partial charge in [-0.25, -0.2) is 8.42 Å². The Hall–Kier alpha value is -3.58. The van der Waals surface area contributed by atoms with Crippen molar-refractivity contribution in [3.8, 4) is 5.75 Å². The zero-order chi connectivity index (χ0) is 21.8. The Bertz CT molecular complexity index is 1330. The van der Waals surface area contributed by atoms with E-state index in [9.17, 15) is 13.2 Å². The van der Waals surface area contributed by atoms with Crippen LogP contribution in [0.3, 0.4) is 0 Å². The standard InChI is InChI=1S/C24H21NO5S/c1-29-21-10-9-18-13-17(7-8-19(18)14-21)15-25-24(26)23-20(11-12-30-23)16-31(27,28)22-5-3-2-4-6-22/h2-14H,15-16H2,1H3,(H,25,26). The number of carbonyl (C=O) groups excluding carboxylic acids is 1. The lowest BCUT2D eigenvalue weighted by Gasteiger charge is -2.08. The summed E-state index contributed by atoms with van der Waals surface area (Å²) < 4.78 is 35.8. The van der Waals surface area contributed by atoms with Crippen LogP contribution < -0.4 is 10.1 Å². The SMILES string of the molecule is COc1ccc2cc(CNC(=O)c3occc3CS(=O)(=O)c3ccccc3)ccc2c1. The molecule has 7 heteroatoms. The summed E-state index contributed by atoms with van der Waals surface area (Å²) in [6.07, 6.45) is 1.33. The minimum atomic E-state index is -3.59. The second-order valence-corrected chi connectivity index (χ2v) is 9.07. The van der Waals surface area contributed by atoms with Gasteiger partial charge in [-0.1, -0.05) is 36.4 Å². The summed E-state index contributed by atoms with van der Waals surface area (Å²) in [5.74, 6) is 0.0149. The fraction of sp³-hybridized carbons (Fsp3) is 0.125. The highest BCUT2D eigenvalue weighted by Gasteiger charge is 2.22. The van der Waals surface area contributed by atoms with Crippen LogP contribution in [0, 0.1) is 0 Å². The molecule has 0 atom stereocenters. The van der Waals surface area contributed by atoms with Crippen LogP contribution in [-0.2, 0) is 22.1 Å². The van der Waals surface area contributed by atoms with E-state index in [4.69, 9.17) is 9.15 Å². The van der Waals surface area contributed by atoms with Crippen LogP contribution >= 0.6 is 0 Å². The molecule has 6 nitrogen and oxygen atoms in total. The minimum Gasteiger partial charge on any atom is -0.497 e. The molecule has 1 amide bonds. The monoisotopic (exact) mass is 435 g/mol. The molecule has 0 bridgehead atoms. The lowest BCUT2D eigenvalue weighted by molar-refractivity contribution is 0.0922. The smallest absolute Gasteiger partial charge is 0.287 e. The van der Waals surface area contributed by atoms with Gasteiger partial charge in [0.1, 0.15) is 5.75 Å². The molecule has 3 aromatic carbocycles. The molecule has 4 rings (SSSR count). The van der Waals surface area contributed by atoms with E-state index in [-0.39, 0.29) is 23.0 Å². The first kappa shape index (κ1) is 20.7. The number of hydrogen-bond acceptors (Lipinski definition) is 5. The maximum Gasteiger partial charge on any atom is 0.287 e. The molecule has 158 valence electrons. The number of fused-ring (bicyclic) bond motifs is 1. The van der Waals surface area contributed by atoms with E-state index < -0.39 is 15.7 Å². The predicted octanol–water partition coefficient (Wildman–Crippen LogP) is 4.35. The molecule has 4 aromatic rings. The van der Waals surface area contributed by atoms with E-state index >= 15 is 0 Å². The molecule has 0 unspecified atom stereocenters. The Balaban J connectivity index is 1.47. The molecule has 1 heterocycles. The van der Waals surface area contributed by atoms with E-state index in [1.54, 1.807) is 25.3 Å². The van der Waals surface area contributed by atoms with Crippen LogP contribution in [0.2, 0.25) is 0 Å². The fourth-order valence-corrected chi connectivity index (χ4v) is 4.71. The number of hydrogen-bond donors (Lipinski definition) is 1. The molecule has 0 aliphatic heterocycles. The molecular weight excluding hydrogens is 414 g/mol. The maximum absolute atomic E-state index is 12.7. The van der Waals surface area contributed by atoms with Crippen molar-refractivity contribution in [3.05, 3.63) is 95.9 Å². The van der Waals surface area contributed by atoms with Crippen molar-refractivity contribution in [1.82, 2.24) is 5.32 Å². The van der Waals surface area contributed by atoms with Crippen molar-refractivity contribution in [2.24, 2.45) is 0 Å². The van der Waals surface area contributed by atoms with E-state index in [1.807, 2.05) is 36.4 Å². The molecule has 1 aromatic heterocycles. The molecule has 0 aliphatic rings. The Morgan fingerprint density at radius 1 is 0.968 bits per heavy atom. The third kappa shape index (κ3) is 4.62. The molecule has 1 N–H and O–H groups in total. The topological polar surface area (TPSA) is 85.6 Å². The number of methoxy groups -OCH3 is 1. The lowest BCUT2D eigenvalue weighted by Crippen LogP contribution is -2.23. The van der Waals surface area contributed by atoms with Gasteiger partial charge in [-0.05, 0) is 52.7 Å². The molecular formula is C24H21NO5S. The molecule has 0 saturated heterocycles. The van der Waals surface area contributed by atoms with E-state index in [0.717, 1.165) is 22.1 Å². The number of nitrogens with one attached hydrogen (secondary N) is 1. The number of furan rings is 1. The van der Waals surface area contributed by atoms with Gasteiger partial charge in [-0.15, -0.1) is 0 Å². The van der Waals surface area contributed by atoms with Gasteiger partial charge in [0.15, 0.2) is 15.6 Å². The Kier molecular flexibility index (Phi) is 5.77. The van der Waals surface area contributed by atoms with E-state index in [1.165, 1.54) is 24.5 Å². The molecule has 0 fully saturated rings. The molecule has 31 heavy (non-hydrogen) atoms. The molecule has 0 spiro atoms. The minimum absolute atomic E-state index is 0.00466. The van der Waals surface area contributed by atoms with Crippen LogP contribution in [0.4, 0.5) is 0 Å². The Labute approximate surface area is 180 Å². The normalized spacial score (nSPS) is 11.4. The van der Waals surface area contributed by atoms with Crippen LogP contribution in [0.5, 0.6) is 5.75 Å². The summed E-state index contributed by atoms with van der Waals surface area (Å²) in [6.45, 7) is 0.284. The summed E-state index contributed by atoms with van der Waals surface area (Å²) in [6, 6.07) is 21.3. The molecule has 0 aliphatic carbocycles. The summed E-state index contributed by atoms with van der Waals surface area (Å²) in [5, 5.41) is 4.87. The third-order valence-electron chi connectivity index (χ3n) is 4.97. The first-order valence-electron chi connectivity index (χ1n) is 9.65. The number of amides is 1. The van der Waals surface area contributed by atoms with Gasteiger partial charge in [0.05, 0.1) is 24.0 Å². The van der Waals surface area contributed by atoms with Gasteiger partial charge in [0, 0.05) is 12.1 Å². The summed E-state index contributed by atoms with van der Waals surface area (Å²) in [7, 11) is -1.96. The Morgan fingerprint density at radius 3 is 2.48 bits per heavy atom. The van der Waals surface area contributed by atoms with Crippen LogP contribution in [0.15, 0.2) is 88.4 Å².